The molecule has 0 bridgehead atoms. The fraction of sp³-hybridized carbons (Fsp3) is 0.0769. The third-order valence-electron chi connectivity index (χ3n) is 2.88. The average molecular weight is 290 g/mol. The number of aromatic nitrogens is 1. The largest absolute Gasteiger partial charge is 0.383 e. The fourth-order valence-corrected chi connectivity index (χ4v) is 1.78. The molecule has 0 saturated heterocycles. The van der Waals surface area contributed by atoms with Crippen molar-refractivity contribution in [2.75, 3.05) is 11.1 Å². The molecule has 2 rings (SSSR count). The summed E-state index contributed by atoms with van der Waals surface area (Å²) in [5, 5.41) is 13.3. The minimum atomic E-state index is -0.704. The minimum absolute atomic E-state index is 0.127. The fourth-order valence-electron chi connectivity index (χ4n) is 1.78. The maximum Gasteiger partial charge on any atom is 0.274 e. The molecule has 2 aromatic rings. The number of nitrogens with zero attached hydrogens (tertiary/aromatic N) is 2. The second-order valence-corrected chi connectivity index (χ2v) is 4.25. The zero-order valence-electron chi connectivity index (χ0n) is 11.0. The molecular weight excluding hydrogens is 279 g/mol. The van der Waals surface area contributed by atoms with Gasteiger partial charge in [0, 0.05) is 6.07 Å². The van der Waals surface area contributed by atoms with Crippen LogP contribution in [-0.2, 0) is 0 Å². The van der Waals surface area contributed by atoms with E-state index in [0.717, 1.165) is 12.3 Å². The van der Waals surface area contributed by atoms with Gasteiger partial charge in [-0.1, -0.05) is 6.07 Å². The molecule has 1 amide bonds. The van der Waals surface area contributed by atoms with Gasteiger partial charge in [-0.25, -0.2) is 9.37 Å². The van der Waals surface area contributed by atoms with E-state index in [1.165, 1.54) is 25.1 Å². The number of nitrogen functional groups attached to an aromatic ring is 1. The van der Waals surface area contributed by atoms with Crippen molar-refractivity contribution in [3.8, 4) is 0 Å². The Morgan fingerprint density at radius 1 is 1.48 bits per heavy atom. The highest BCUT2D eigenvalue weighted by Crippen LogP contribution is 2.25. The second-order valence-electron chi connectivity index (χ2n) is 4.25. The molecule has 0 aliphatic rings. The normalized spacial score (nSPS) is 10.2. The summed E-state index contributed by atoms with van der Waals surface area (Å²) in [7, 11) is 0. The zero-order valence-corrected chi connectivity index (χ0v) is 11.0. The Morgan fingerprint density at radius 2 is 2.19 bits per heavy atom. The Labute approximate surface area is 118 Å². The van der Waals surface area contributed by atoms with Gasteiger partial charge in [0.1, 0.15) is 11.6 Å². The topological polar surface area (TPSA) is 111 Å². The average Bonchev–Trinajstić information content (AvgIpc) is 2.43. The first-order valence-corrected chi connectivity index (χ1v) is 5.86. The van der Waals surface area contributed by atoms with Gasteiger partial charge in [0.25, 0.3) is 11.6 Å². The predicted octanol–water partition coefficient (Wildman–Crippen LogP) is 2.27. The lowest BCUT2D eigenvalue weighted by Crippen LogP contribution is -2.16. The van der Waals surface area contributed by atoms with Crippen LogP contribution in [0.15, 0.2) is 30.5 Å². The van der Waals surface area contributed by atoms with Gasteiger partial charge in [-0.05, 0) is 19.1 Å². The van der Waals surface area contributed by atoms with Crippen molar-refractivity contribution in [2.24, 2.45) is 0 Å². The number of halogens is 1. The van der Waals surface area contributed by atoms with Gasteiger partial charge in [0.05, 0.1) is 27.9 Å². The number of pyridine rings is 1. The van der Waals surface area contributed by atoms with Crippen molar-refractivity contribution in [3.63, 3.8) is 0 Å². The molecule has 0 aliphatic heterocycles. The van der Waals surface area contributed by atoms with Crippen LogP contribution in [0.25, 0.3) is 0 Å². The van der Waals surface area contributed by atoms with Crippen LogP contribution in [0, 0.1) is 22.9 Å². The number of nitrogens with two attached hydrogens (primary N) is 1. The van der Waals surface area contributed by atoms with Gasteiger partial charge < -0.3 is 11.1 Å². The summed E-state index contributed by atoms with van der Waals surface area (Å²) in [6.45, 7) is 1.50. The molecule has 0 radical (unpaired) electrons. The van der Waals surface area contributed by atoms with Crippen molar-refractivity contribution >= 4 is 23.1 Å². The van der Waals surface area contributed by atoms with E-state index in [-0.39, 0.29) is 22.8 Å². The van der Waals surface area contributed by atoms with Gasteiger partial charge >= 0.3 is 0 Å². The predicted molar refractivity (Wildman–Crippen MR) is 74.4 cm³/mol. The highest BCUT2D eigenvalue weighted by atomic mass is 19.1. The number of rotatable bonds is 3. The molecule has 0 atom stereocenters. The molecule has 7 nitrogen and oxygen atoms in total. The van der Waals surface area contributed by atoms with E-state index >= 15 is 0 Å². The molecule has 0 saturated carbocycles. The number of anilines is 2. The maximum atomic E-state index is 13.1. The summed E-state index contributed by atoms with van der Waals surface area (Å²) in [5.41, 5.74) is 5.79. The molecular formula is C13H11FN4O3. The SMILES string of the molecule is Cc1c(NC(=O)c2cc(F)cnc2N)cccc1[N+](=O)[O-]. The van der Waals surface area contributed by atoms with Gasteiger partial charge in [0.2, 0.25) is 0 Å². The second kappa shape index (κ2) is 5.53. The molecule has 0 spiro atoms. The van der Waals surface area contributed by atoms with Crippen molar-refractivity contribution in [2.45, 2.75) is 6.92 Å². The van der Waals surface area contributed by atoms with E-state index < -0.39 is 16.6 Å². The lowest BCUT2D eigenvalue weighted by Gasteiger charge is -2.09. The smallest absolute Gasteiger partial charge is 0.274 e. The van der Waals surface area contributed by atoms with Crippen LogP contribution in [0.4, 0.5) is 21.6 Å². The van der Waals surface area contributed by atoms with Crippen LogP contribution in [0.3, 0.4) is 0 Å². The van der Waals surface area contributed by atoms with Crippen LogP contribution < -0.4 is 11.1 Å². The molecule has 3 N–H and O–H groups in total. The summed E-state index contributed by atoms with van der Waals surface area (Å²) < 4.78 is 13.1. The number of carbonyl (C=O) groups is 1. The maximum absolute atomic E-state index is 13.1. The van der Waals surface area contributed by atoms with Crippen LogP contribution in [0.1, 0.15) is 15.9 Å². The molecule has 0 fully saturated rings. The lowest BCUT2D eigenvalue weighted by atomic mass is 10.1. The van der Waals surface area contributed by atoms with Crippen LogP contribution in [-0.4, -0.2) is 15.8 Å². The van der Waals surface area contributed by atoms with Crippen molar-refractivity contribution < 1.29 is 14.1 Å². The zero-order chi connectivity index (χ0) is 15.6. The Bertz CT molecular complexity index is 733. The molecule has 0 unspecified atom stereocenters. The van der Waals surface area contributed by atoms with Crippen LogP contribution in [0.2, 0.25) is 0 Å². The van der Waals surface area contributed by atoms with E-state index in [9.17, 15) is 19.3 Å². The molecule has 0 aliphatic carbocycles. The molecule has 8 heteroatoms. The molecule has 1 aromatic heterocycles. The molecule has 108 valence electrons. The van der Waals surface area contributed by atoms with Crippen molar-refractivity contribution in [1.82, 2.24) is 4.98 Å². The lowest BCUT2D eigenvalue weighted by molar-refractivity contribution is -0.385. The number of nitro benzene ring substituents is 1. The van der Waals surface area contributed by atoms with E-state index in [0.29, 0.717) is 5.56 Å². The summed E-state index contributed by atoms with van der Waals surface area (Å²) in [6, 6.07) is 5.21. The highest BCUT2D eigenvalue weighted by Gasteiger charge is 2.17. The molecule has 1 heterocycles. The number of amides is 1. The van der Waals surface area contributed by atoms with Crippen molar-refractivity contribution in [3.05, 3.63) is 57.5 Å². The van der Waals surface area contributed by atoms with Gasteiger partial charge in [0.15, 0.2) is 0 Å². The Balaban J connectivity index is 2.34. The van der Waals surface area contributed by atoms with Crippen LogP contribution in [0.5, 0.6) is 0 Å². The first kappa shape index (κ1) is 14.4. The Morgan fingerprint density at radius 3 is 2.86 bits per heavy atom. The van der Waals surface area contributed by atoms with E-state index in [1.807, 2.05) is 0 Å². The first-order chi connectivity index (χ1) is 9.90. The standard InChI is InChI=1S/C13H11FN4O3/c1-7-10(3-2-4-11(7)18(20)21)17-13(19)9-5-8(14)6-16-12(9)15/h2-6H,1H3,(H2,15,16)(H,17,19). The monoisotopic (exact) mass is 290 g/mol. The van der Waals surface area contributed by atoms with E-state index in [1.54, 1.807) is 0 Å². The third-order valence-corrected chi connectivity index (χ3v) is 2.88. The number of hydrogen-bond donors (Lipinski definition) is 2. The number of nitro groups is 1. The van der Waals surface area contributed by atoms with Gasteiger partial charge in [-0.3, -0.25) is 14.9 Å². The van der Waals surface area contributed by atoms with E-state index in [2.05, 4.69) is 10.3 Å². The van der Waals surface area contributed by atoms with Gasteiger partial charge in [-0.15, -0.1) is 0 Å². The number of hydrogen-bond acceptors (Lipinski definition) is 5. The number of carbonyl (C=O) groups excluding carboxylic acids is 1. The summed E-state index contributed by atoms with van der Waals surface area (Å²) in [6.07, 6.45) is 0.894. The summed E-state index contributed by atoms with van der Waals surface area (Å²) >= 11 is 0. The summed E-state index contributed by atoms with van der Waals surface area (Å²) in [4.78, 5) is 25.9. The number of benzene rings is 1. The quantitative estimate of drug-likeness (QED) is 0.665. The van der Waals surface area contributed by atoms with Gasteiger partial charge in [-0.2, -0.15) is 0 Å². The minimum Gasteiger partial charge on any atom is -0.383 e. The molecule has 1 aromatic carbocycles. The van der Waals surface area contributed by atoms with E-state index in [4.69, 9.17) is 5.73 Å². The number of nitrogens with one attached hydrogen (secondary N) is 1. The highest BCUT2D eigenvalue weighted by molar-refractivity contribution is 6.07. The van der Waals surface area contributed by atoms with Crippen molar-refractivity contribution in [1.29, 1.82) is 0 Å². The van der Waals surface area contributed by atoms with Crippen LogP contribution >= 0.6 is 0 Å². The molecule has 21 heavy (non-hydrogen) atoms. The summed E-state index contributed by atoms with van der Waals surface area (Å²) in [5.74, 6) is -1.52. The Kier molecular flexibility index (Phi) is 3.79. The Hall–Kier alpha value is -3.03. The third kappa shape index (κ3) is 2.94. The first-order valence-electron chi connectivity index (χ1n) is 5.86.